The second-order valence-electron chi connectivity index (χ2n) is 5.72. The lowest BCUT2D eigenvalue weighted by molar-refractivity contribution is -0.146. The quantitative estimate of drug-likeness (QED) is 0.853. The van der Waals surface area contributed by atoms with Crippen LogP contribution in [0.25, 0.3) is 0 Å². The molecule has 0 bridgehead atoms. The van der Waals surface area contributed by atoms with Crippen LogP contribution >= 0.6 is 0 Å². The lowest BCUT2D eigenvalue weighted by Gasteiger charge is -2.21. The maximum absolute atomic E-state index is 11.2. The Kier molecular flexibility index (Phi) is 2.80. The van der Waals surface area contributed by atoms with Gasteiger partial charge in [0.2, 0.25) is 0 Å². The summed E-state index contributed by atoms with van der Waals surface area (Å²) in [6.07, 6.45) is 4.58. The van der Waals surface area contributed by atoms with Crippen molar-refractivity contribution in [2.75, 3.05) is 23.3 Å². The van der Waals surface area contributed by atoms with Crippen molar-refractivity contribution in [3.05, 3.63) is 12.4 Å². The molecular weight excluding hydrogens is 244 g/mol. The van der Waals surface area contributed by atoms with Gasteiger partial charge < -0.3 is 15.3 Å². The summed E-state index contributed by atoms with van der Waals surface area (Å²) < 4.78 is 0. The van der Waals surface area contributed by atoms with E-state index in [4.69, 9.17) is 0 Å². The predicted molar refractivity (Wildman–Crippen MR) is 71.2 cm³/mol. The summed E-state index contributed by atoms with van der Waals surface area (Å²) in [7, 11) is 0. The summed E-state index contributed by atoms with van der Waals surface area (Å²) in [5, 5.41) is 12.6. The molecule has 1 aliphatic carbocycles. The van der Waals surface area contributed by atoms with E-state index in [-0.39, 0.29) is 0 Å². The number of carboxylic acids is 1. The van der Waals surface area contributed by atoms with Crippen LogP contribution in [0.1, 0.15) is 26.2 Å². The highest BCUT2D eigenvalue weighted by molar-refractivity contribution is 5.76. The van der Waals surface area contributed by atoms with Crippen molar-refractivity contribution in [3.63, 3.8) is 0 Å². The van der Waals surface area contributed by atoms with Crippen molar-refractivity contribution in [2.24, 2.45) is 5.41 Å². The SMILES string of the molecule is CC1(C(=O)O)CCN(c2cc(NC3CC3)ncn2)C1. The van der Waals surface area contributed by atoms with E-state index in [9.17, 15) is 9.90 Å². The molecule has 1 unspecified atom stereocenters. The number of anilines is 2. The van der Waals surface area contributed by atoms with Gasteiger partial charge in [-0.3, -0.25) is 4.79 Å². The van der Waals surface area contributed by atoms with Crippen molar-refractivity contribution in [3.8, 4) is 0 Å². The normalized spacial score (nSPS) is 26.5. The highest BCUT2D eigenvalue weighted by Gasteiger charge is 2.41. The largest absolute Gasteiger partial charge is 0.481 e. The van der Waals surface area contributed by atoms with Gasteiger partial charge in [-0.25, -0.2) is 9.97 Å². The maximum Gasteiger partial charge on any atom is 0.311 e. The molecule has 2 heterocycles. The molecule has 1 saturated carbocycles. The smallest absolute Gasteiger partial charge is 0.311 e. The Balaban J connectivity index is 1.74. The first kappa shape index (κ1) is 12.2. The van der Waals surface area contributed by atoms with E-state index in [1.54, 1.807) is 6.92 Å². The summed E-state index contributed by atoms with van der Waals surface area (Å²) in [6, 6.07) is 2.46. The Morgan fingerprint density at radius 2 is 2.32 bits per heavy atom. The third kappa shape index (κ3) is 2.47. The number of carboxylic acid groups (broad SMARTS) is 1. The number of hydrogen-bond donors (Lipinski definition) is 2. The molecule has 1 atom stereocenters. The van der Waals surface area contributed by atoms with Crippen LogP contribution in [-0.4, -0.2) is 40.2 Å². The fourth-order valence-corrected chi connectivity index (χ4v) is 2.37. The molecule has 3 rings (SSSR count). The van der Waals surface area contributed by atoms with Gasteiger partial charge in [0.1, 0.15) is 18.0 Å². The molecule has 102 valence electrons. The predicted octanol–water partition coefficient (Wildman–Crippen LogP) is 1.35. The molecule has 2 aliphatic rings. The van der Waals surface area contributed by atoms with Gasteiger partial charge in [-0.1, -0.05) is 0 Å². The zero-order valence-corrected chi connectivity index (χ0v) is 11.0. The summed E-state index contributed by atoms with van der Waals surface area (Å²) in [4.78, 5) is 21.7. The topological polar surface area (TPSA) is 78.4 Å². The minimum absolute atomic E-state index is 0.502. The highest BCUT2D eigenvalue weighted by atomic mass is 16.4. The van der Waals surface area contributed by atoms with Gasteiger partial charge in [0, 0.05) is 25.2 Å². The van der Waals surface area contributed by atoms with Gasteiger partial charge in [-0.2, -0.15) is 0 Å². The van der Waals surface area contributed by atoms with E-state index >= 15 is 0 Å². The monoisotopic (exact) mass is 262 g/mol. The molecule has 19 heavy (non-hydrogen) atoms. The van der Waals surface area contributed by atoms with Crippen LogP contribution in [-0.2, 0) is 4.79 Å². The Bertz CT molecular complexity index is 503. The minimum atomic E-state index is -0.736. The third-order valence-electron chi connectivity index (χ3n) is 3.90. The minimum Gasteiger partial charge on any atom is -0.481 e. The Morgan fingerprint density at radius 1 is 1.53 bits per heavy atom. The number of aromatic nitrogens is 2. The number of aliphatic carboxylic acids is 1. The molecule has 0 spiro atoms. The average Bonchev–Trinajstić information content (AvgIpc) is 3.09. The van der Waals surface area contributed by atoms with E-state index < -0.39 is 11.4 Å². The Morgan fingerprint density at radius 3 is 2.95 bits per heavy atom. The van der Waals surface area contributed by atoms with Gasteiger partial charge >= 0.3 is 5.97 Å². The molecular formula is C13H18N4O2. The van der Waals surface area contributed by atoms with E-state index in [1.807, 2.05) is 11.0 Å². The number of rotatable bonds is 4. The number of nitrogens with zero attached hydrogens (tertiary/aromatic N) is 3. The van der Waals surface area contributed by atoms with Gasteiger partial charge in [0.15, 0.2) is 0 Å². The van der Waals surface area contributed by atoms with Crippen molar-refractivity contribution in [2.45, 2.75) is 32.2 Å². The van der Waals surface area contributed by atoms with Crippen LogP contribution in [0.15, 0.2) is 12.4 Å². The first-order valence-corrected chi connectivity index (χ1v) is 6.64. The molecule has 2 fully saturated rings. The average molecular weight is 262 g/mol. The number of carbonyl (C=O) groups is 1. The van der Waals surface area contributed by atoms with E-state index in [0.717, 1.165) is 18.2 Å². The van der Waals surface area contributed by atoms with Crippen LogP contribution < -0.4 is 10.2 Å². The molecule has 0 aromatic carbocycles. The van der Waals surface area contributed by atoms with E-state index in [2.05, 4.69) is 15.3 Å². The third-order valence-corrected chi connectivity index (χ3v) is 3.90. The maximum atomic E-state index is 11.2. The van der Waals surface area contributed by atoms with Gasteiger partial charge in [0.25, 0.3) is 0 Å². The van der Waals surface area contributed by atoms with Gasteiger partial charge in [-0.15, -0.1) is 0 Å². The first-order valence-electron chi connectivity index (χ1n) is 6.64. The molecule has 0 radical (unpaired) electrons. The van der Waals surface area contributed by atoms with Crippen LogP contribution in [0, 0.1) is 5.41 Å². The molecule has 1 aliphatic heterocycles. The summed E-state index contributed by atoms with van der Waals surface area (Å²) in [6.45, 7) is 3.02. The Labute approximate surface area is 111 Å². The van der Waals surface area contributed by atoms with Gasteiger partial charge in [0.05, 0.1) is 5.41 Å². The Hall–Kier alpha value is -1.85. The van der Waals surface area contributed by atoms with E-state index in [1.165, 1.54) is 19.2 Å². The second-order valence-corrected chi connectivity index (χ2v) is 5.72. The number of nitrogens with one attached hydrogen (secondary N) is 1. The molecule has 1 aromatic heterocycles. The number of hydrogen-bond acceptors (Lipinski definition) is 5. The van der Waals surface area contributed by atoms with Crippen molar-refractivity contribution < 1.29 is 9.90 Å². The standard InChI is InChI=1S/C13H18N4O2/c1-13(12(18)19)4-5-17(7-13)11-6-10(14-8-15-11)16-9-2-3-9/h6,8-9H,2-5,7H2,1H3,(H,18,19)(H,14,15,16). The fourth-order valence-electron chi connectivity index (χ4n) is 2.37. The highest BCUT2D eigenvalue weighted by Crippen LogP contribution is 2.33. The van der Waals surface area contributed by atoms with Crippen LogP contribution in [0.5, 0.6) is 0 Å². The van der Waals surface area contributed by atoms with E-state index in [0.29, 0.717) is 19.0 Å². The van der Waals surface area contributed by atoms with Crippen LogP contribution in [0.4, 0.5) is 11.6 Å². The molecule has 1 saturated heterocycles. The van der Waals surface area contributed by atoms with Crippen LogP contribution in [0.3, 0.4) is 0 Å². The van der Waals surface area contributed by atoms with Crippen molar-refractivity contribution >= 4 is 17.6 Å². The van der Waals surface area contributed by atoms with Crippen molar-refractivity contribution in [1.29, 1.82) is 0 Å². The zero-order chi connectivity index (χ0) is 13.5. The lowest BCUT2D eigenvalue weighted by Crippen LogP contribution is -2.32. The van der Waals surface area contributed by atoms with Crippen LogP contribution in [0.2, 0.25) is 0 Å². The van der Waals surface area contributed by atoms with Gasteiger partial charge in [-0.05, 0) is 26.2 Å². The second kappa shape index (κ2) is 4.36. The lowest BCUT2D eigenvalue weighted by atomic mass is 9.90. The zero-order valence-electron chi connectivity index (χ0n) is 11.0. The molecule has 0 amide bonds. The summed E-state index contributed by atoms with van der Waals surface area (Å²) >= 11 is 0. The molecule has 6 nitrogen and oxygen atoms in total. The summed E-state index contributed by atoms with van der Waals surface area (Å²) in [5.74, 6) is 0.903. The molecule has 6 heteroatoms. The summed E-state index contributed by atoms with van der Waals surface area (Å²) in [5.41, 5.74) is -0.672. The molecule has 1 aromatic rings. The van der Waals surface area contributed by atoms with Crippen molar-refractivity contribution in [1.82, 2.24) is 9.97 Å². The fraction of sp³-hybridized carbons (Fsp3) is 0.615. The molecule has 2 N–H and O–H groups in total. The first-order chi connectivity index (χ1) is 9.07.